The van der Waals surface area contributed by atoms with Gasteiger partial charge in [0.1, 0.15) is 18.1 Å². The molecule has 3 amide bonds. The number of carboxylic acid groups (broad SMARTS) is 1. The van der Waals surface area contributed by atoms with Crippen LogP contribution in [-0.2, 0) is 38.4 Å². The van der Waals surface area contributed by atoms with Gasteiger partial charge in [-0.2, -0.15) is 0 Å². The van der Waals surface area contributed by atoms with E-state index in [-0.39, 0.29) is 19.3 Å². The van der Waals surface area contributed by atoms with Gasteiger partial charge in [0.2, 0.25) is 17.7 Å². The van der Waals surface area contributed by atoms with E-state index in [1.807, 2.05) is 54.6 Å². The summed E-state index contributed by atoms with van der Waals surface area (Å²) in [6.45, 7) is 0.484. The standard InChI is InChI=1S/C32H40N8O5/c33-13-7-6-11-24(34)29(41)38-26(14-20-8-2-1-3-9-20)30(42)39-27(15-21-17-36-25-12-5-4-10-23(21)25)31(43)40-28(32(44)45)16-22-18-35-19-37-22/h1-5,8-10,12,17-19,24,26-28,36H,6-7,11,13-16,33-34H2,(H,35,37)(H,38,41)(H,39,42)(H,40,43)(H,44,45). The maximum Gasteiger partial charge on any atom is 0.326 e. The Hall–Kier alpha value is -5.01. The van der Waals surface area contributed by atoms with Gasteiger partial charge in [0.15, 0.2) is 0 Å². The summed E-state index contributed by atoms with van der Waals surface area (Å²) in [7, 11) is 0. The van der Waals surface area contributed by atoms with E-state index in [9.17, 15) is 24.3 Å². The molecule has 4 atom stereocenters. The van der Waals surface area contributed by atoms with E-state index in [1.165, 1.54) is 12.5 Å². The fourth-order valence-corrected chi connectivity index (χ4v) is 5.07. The number of aliphatic carboxylic acids is 1. The summed E-state index contributed by atoms with van der Waals surface area (Å²) in [6.07, 6.45) is 6.60. The molecule has 4 rings (SSSR count). The molecule has 0 fully saturated rings. The van der Waals surface area contributed by atoms with Crippen LogP contribution in [0.3, 0.4) is 0 Å². The number of nitrogens with two attached hydrogens (primary N) is 2. The third-order valence-corrected chi connectivity index (χ3v) is 7.55. The molecule has 238 valence electrons. The van der Waals surface area contributed by atoms with Crippen molar-refractivity contribution in [3.05, 3.63) is 90.1 Å². The van der Waals surface area contributed by atoms with Crippen LogP contribution >= 0.6 is 0 Å². The number of H-pyrrole nitrogens is 2. The monoisotopic (exact) mass is 616 g/mol. The minimum absolute atomic E-state index is 0.0381. The van der Waals surface area contributed by atoms with E-state index >= 15 is 0 Å². The molecule has 4 aromatic rings. The van der Waals surface area contributed by atoms with Crippen molar-refractivity contribution in [1.82, 2.24) is 30.9 Å². The lowest BCUT2D eigenvalue weighted by molar-refractivity contribution is -0.142. The predicted molar refractivity (Wildman–Crippen MR) is 169 cm³/mol. The Kier molecular flexibility index (Phi) is 11.8. The number of aromatic amines is 2. The van der Waals surface area contributed by atoms with Gasteiger partial charge >= 0.3 is 5.97 Å². The minimum atomic E-state index is -1.29. The highest BCUT2D eigenvalue weighted by Gasteiger charge is 2.31. The van der Waals surface area contributed by atoms with Crippen molar-refractivity contribution in [3.63, 3.8) is 0 Å². The van der Waals surface area contributed by atoms with Gasteiger partial charge in [0.25, 0.3) is 0 Å². The summed E-state index contributed by atoms with van der Waals surface area (Å²) in [5.41, 5.74) is 14.6. The van der Waals surface area contributed by atoms with Crippen LogP contribution in [0.1, 0.15) is 36.1 Å². The van der Waals surface area contributed by atoms with Crippen LogP contribution in [-0.4, -0.2) is 74.5 Å². The van der Waals surface area contributed by atoms with Crippen molar-refractivity contribution < 1.29 is 24.3 Å². The molecule has 0 saturated carbocycles. The highest BCUT2D eigenvalue weighted by Crippen LogP contribution is 2.19. The number of benzene rings is 2. The number of rotatable bonds is 17. The van der Waals surface area contributed by atoms with Crippen molar-refractivity contribution in [2.45, 2.75) is 62.7 Å². The molecular weight excluding hydrogens is 576 g/mol. The molecule has 0 aliphatic heterocycles. The summed E-state index contributed by atoms with van der Waals surface area (Å²) >= 11 is 0. The maximum atomic E-state index is 13.8. The molecule has 0 aliphatic rings. The summed E-state index contributed by atoms with van der Waals surface area (Å²) in [5.74, 6) is -3.04. The highest BCUT2D eigenvalue weighted by atomic mass is 16.4. The Bertz CT molecular complexity index is 1560. The zero-order valence-electron chi connectivity index (χ0n) is 24.9. The van der Waals surface area contributed by atoms with Gasteiger partial charge < -0.3 is 42.5 Å². The second kappa shape index (κ2) is 16.2. The maximum absolute atomic E-state index is 13.8. The Morgan fingerprint density at radius 1 is 0.800 bits per heavy atom. The average Bonchev–Trinajstić information content (AvgIpc) is 3.70. The molecule has 2 aromatic heterocycles. The largest absolute Gasteiger partial charge is 0.480 e. The molecule has 2 aromatic carbocycles. The normalized spacial score (nSPS) is 13.8. The molecule has 10 N–H and O–H groups in total. The van der Waals surface area contributed by atoms with Gasteiger partial charge in [-0.05, 0) is 36.6 Å². The number of hydrogen-bond donors (Lipinski definition) is 8. The SMILES string of the molecule is NCCCCC(N)C(=O)NC(Cc1ccccc1)C(=O)NC(Cc1c[nH]c2ccccc12)C(=O)NC(Cc1cnc[nH]1)C(=O)O. The molecule has 0 radical (unpaired) electrons. The zero-order chi connectivity index (χ0) is 32.2. The number of hydrogen-bond acceptors (Lipinski definition) is 7. The number of nitrogens with zero attached hydrogens (tertiary/aromatic N) is 1. The van der Waals surface area contributed by atoms with E-state index in [0.717, 1.165) is 28.5 Å². The topological polar surface area (TPSA) is 221 Å². The molecule has 13 nitrogen and oxygen atoms in total. The van der Waals surface area contributed by atoms with E-state index in [2.05, 4.69) is 30.9 Å². The summed E-state index contributed by atoms with van der Waals surface area (Å²) in [6, 6.07) is 12.3. The minimum Gasteiger partial charge on any atom is -0.480 e. The van der Waals surface area contributed by atoms with Crippen LogP contribution in [0.25, 0.3) is 10.9 Å². The fraction of sp³-hybridized carbons (Fsp3) is 0.344. The molecule has 13 heteroatoms. The van der Waals surface area contributed by atoms with Crippen LogP contribution in [0.15, 0.2) is 73.3 Å². The van der Waals surface area contributed by atoms with Gasteiger partial charge in [0.05, 0.1) is 12.4 Å². The van der Waals surface area contributed by atoms with Crippen LogP contribution in [0.4, 0.5) is 0 Å². The Morgan fingerprint density at radius 2 is 1.47 bits per heavy atom. The Balaban J connectivity index is 1.58. The molecule has 0 aliphatic carbocycles. The van der Waals surface area contributed by atoms with Crippen LogP contribution in [0.5, 0.6) is 0 Å². The number of unbranched alkanes of at least 4 members (excludes halogenated alkanes) is 1. The first-order valence-electron chi connectivity index (χ1n) is 14.9. The average molecular weight is 617 g/mol. The van der Waals surface area contributed by atoms with E-state index < -0.39 is 47.9 Å². The number of aromatic nitrogens is 3. The molecule has 4 unspecified atom stereocenters. The quantitative estimate of drug-likeness (QED) is 0.0795. The van der Waals surface area contributed by atoms with Crippen LogP contribution in [0, 0.1) is 0 Å². The summed E-state index contributed by atoms with van der Waals surface area (Å²) < 4.78 is 0. The number of fused-ring (bicyclic) bond motifs is 1. The van der Waals surface area contributed by atoms with Crippen LogP contribution < -0.4 is 27.4 Å². The number of carboxylic acids is 1. The lowest BCUT2D eigenvalue weighted by Gasteiger charge is -2.25. The summed E-state index contributed by atoms with van der Waals surface area (Å²) in [5, 5.41) is 18.8. The second-order valence-corrected chi connectivity index (χ2v) is 10.9. The molecular formula is C32H40N8O5. The number of imidazole rings is 1. The first-order chi connectivity index (χ1) is 21.7. The lowest BCUT2D eigenvalue weighted by Crippen LogP contribution is -2.58. The van der Waals surface area contributed by atoms with Gasteiger partial charge in [-0.1, -0.05) is 55.0 Å². The smallest absolute Gasteiger partial charge is 0.326 e. The Morgan fingerprint density at radius 3 is 2.16 bits per heavy atom. The summed E-state index contributed by atoms with van der Waals surface area (Å²) in [4.78, 5) is 62.6. The third-order valence-electron chi connectivity index (χ3n) is 7.55. The zero-order valence-corrected chi connectivity index (χ0v) is 24.9. The number of amides is 3. The fourth-order valence-electron chi connectivity index (χ4n) is 5.07. The van der Waals surface area contributed by atoms with E-state index in [4.69, 9.17) is 11.5 Å². The predicted octanol–water partition coefficient (Wildman–Crippen LogP) is 0.914. The van der Waals surface area contributed by atoms with E-state index in [0.29, 0.717) is 25.1 Å². The molecule has 0 bridgehead atoms. The van der Waals surface area contributed by atoms with Crippen molar-refractivity contribution in [3.8, 4) is 0 Å². The van der Waals surface area contributed by atoms with Gasteiger partial charge in [0, 0.05) is 48.3 Å². The van der Waals surface area contributed by atoms with Gasteiger partial charge in [-0.15, -0.1) is 0 Å². The van der Waals surface area contributed by atoms with Crippen LogP contribution in [0.2, 0.25) is 0 Å². The first kappa shape index (κ1) is 32.9. The molecule has 0 saturated heterocycles. The molecule has 2 heterocycles. The van der Waals surface area contributed by atoms with Gasteiger partial charge in [-0.3, -0.25) is 14.4 Å². The van der Waals surface area contributed by atoms with Crippen molar-refractivity contribution in [1.29, 1.82) is 0 Å². The van der Waals surface area contributed by atoms with E-state index in [1.54, 1.807) is 6.20 Å². The number of nitrogens with one attached hydrogen (secondary N) is 5. The number of para-hydroxylation sites is 1. The van der Waals surface area contributed by atoms with Gasteiger partial charge in [-0.25, -0.2) is 9.78 Å². The second-order valence-electron chi connectivity index (χ2n) is 10.9. The molecule has 0 spiro atoms. The first-order valence-corrected chi connectivity index (χ1v) is 14.9. The van der Waals surface area contributed by atoms with Crippen molar-refractivity contribution >= 4 is 34.6 Å². The number of carbonyl (C=O) groups is 4. The van der Waals surface area contributed by atoms with Crippen molar-refractivity contribution in [2.24, 2.45) is 11.5 Å². The molecule has 45 heavy (non-hydrogen) atoms. The lowest BCUT2D eigenvalue weighted by atomic mass is 10.0. The third kappa shape index (κ3) is 9.49. The number of carbonyl (C=O) groups excluding carboxylic acids is 3. The van der Waals surface area contributed by atoms with Crippen molar-refractivity contribution in [2.75, 3.05) is 6.54 Å². The Labute approximate surface area is 260 Å². The highest BCUT2D eigenvalue weighted by molar-refractivity contribution is 5.95.